The minimum Gasteiger partial charge on any atom is -0.386 e. The lowest BCUT2D eigenvalue weighted by Crippen LogP contribution is -2.46. The van der Waals surface area contributed by atoms with Crippen LogP contribution < -0.4 is 11.1 Å². The molecule has 1 aromatic carbocycles. The molecule has 7 nitrogen and oxygen atoms in total. The second-order valence-electron chi connectivity index (χ2n) is 7.73. The van der Waals surface area contributed by atoms with Gasteiger partial charge >= 0.3 is 0 Å². The van der Waals surface area contributed by atoms with Gasteiger partial charge in [0, 0.05) is 31.0 Å². The van der Waals surface area contributed by atoms with E-state index >= 15 is 0 Å². The van der Waals surface area contributed by atoms with Crippen molar-refractivity contribution in [3.05, 3.63) is 59.2 Å². The first-order valence-electron chi connectivity index (χ1n) is 9.57. The standard InChI is InChI=1S/C21H26FN5O2S/c1-13-5-8-17(25-12-13)19(28)27-14-6-7-16(22)15(11-14)18-9-10-26-30(18,29)21(2,3)20(23)24-4/h5-8,11-12,18H,9-10H2,1-4H3,(H2,23,24)(H,27,28)/t18-,30?/m0/s1. The van der Waals surface area contributed by atoms with Crippen molar-refractivity contribution in [1.29, 1.82) is 0 Å². The Kier molecular flexibility index (Phi) is 5.94. The third kappa shape index (κ3) is 3.81. The van der Waals surface area contributed by atoms with Crippen molar-refractivity contribution in [3.8, 4) is 0 Å². The van der Waals surface area contributed by atoms with Gasteiger partial charge in [-0.05, 0) is 57.0 Å². The first kappa shape index (κ1) is 21.9. The number of nitrogens with two attached hydrogens (primary N) is 1. The quantitative estimate of drug-likeness (QED) is 0.558. The maximum absolute atomic E-state index is 14.8. The van der Waals surface area contributed by atoms with Gasteiger partial charge in [-0.3, -0.25) is 14.8 Å². The van der Waals surface area contributed by atoms with E-state index in [0.29, 0.717) is 18.7 Å². The van der Waals surface area contributed by atoms with Crippen LogP contribution >= 0.6 is 0 Å². The molecular formula is C21H26FN5O2S. The fourth-order valence-electron chi connectivity index (χ4n) is 3.48. The summed E-state index contributed by atoms with van der Waals surface area (Å²) in [4.78, 5) is 20.6. The van der Waals surface area contributed by atoms with Crippen LogP contribution in [0.4, 0.5) is 10.1 Å². The van der Waals surface area contributed by atoms with Crippen LogP contribution in [0.3, 0.4) is 0 Å². The zero-order valence-corrected chi connectivity index (χ0v) is 18.3. The monoisotopic (exact) mass is 431 g/mol. The van der Waals surface area contributed by atoms with Gasteiger partial charge in [0.1, 0.15) is 22.1 Å². The fraction of sp³-hybridized carbons (Fsp3) is 0.381. The van der Waals surface area contributed by atoms with Crippen LogP contribution in [0.2, 0.25) is 0 Å². The zero-order valence-electron chi connectivity index (χ0n) is 17.5. The Bertz CT molecular complexity index is 1120. The minimum absolute atomic E-state index is 0.207. The first-order chi connectivity index (χ1) is 14.1. The smallest absolute Gasteiger partial charge is 0.274 e. The molecule has 1 aromatic heterocycles. The molecule has 0 radical (unpaired) electrons. The molecule has 0 fully saturated rings. The minimum atomic E-state index is -2.96. The topological polar surface area (TPSA) is 110 Å². The normalized spacial score (nSPS) is 21.9. The number of amides is 1. The predicted molar refractivity (Wildman–Crippen MR) is 118 cm³/mol. The lowest BCUT2D eigenvalue weighted by Gasteiger charge is -2.31. The van der Waals surface area contributed by atoms with Gasteiger partial charge in [-0.1, -0.05) is 6.07 Å². The molecule has 3 rings (SSSR count). The molecule has 1 aliphatic rings. The van der Waals surface area contributed by atoms with E-state index in [4.69, 9.17) is 5.73 Å². The highest BCUT2D eigenvalue weighted by atomic mass is 32.2. The number of carbonyl (C=O) groups is 1. The summed E-state index contributed by atoms with van der Waals surface area (Å²) in [5, 5.41) is 2.06. The summed E-state index contributed by atoms with van der Waals surface area (Å²) in [6.07, 6.45) is 2.02. The van der Waals surface area contributed by atoms with E-state index in [9.17, 15) is 13.4 Å². The van der Waals surface area contributed by atoms with Crippen molar-refractivity contribution < 1.29 is 13.4 Å². The molecule has 2 atom stereocenters. The number of hydrogen-bond acceptors (Lipinski definition) is 5. The lowest BCUT2D eigenvalue weighted by atomic mass is 10.1. The highest BCUT2D eigenvalue weighted by molar-refractivity contribution is 7.96. The summed E-state index contributed by atoms with van der Waals surface area (Å²) in [5.74, 6) is -0.704. The highest BCUT2D eigenvalue weighted by Gasteiger charge is 2.45. The molecule has 160 valence electrons. The average Bonchev–Trinajstić information content (AvgIpc) is 3.12. The van der Waals surface area contributed by atoms with Crippen LogP contribution in [0.25, 0.3) is 0 Å². The Balaban J connectivity index is 1.95. The van der Waals surface area contributed by atoms with Crippen molar-refractivity contribution in [3.63, 3.8) is 0 Å². The number of pyridine rings is 1. The van der Waals surface area contributed by atoms with E-state index in [1.54, 1.807) is 32.2 Å². The summed E-state index contributed by atoms with van der Waals surface area (Å²) < 4.78 is 32.0. The van der Waals surface area contributed by atoms with Crippen molar-refractivity contribution in [1.82, 2.24) is 4.98 Å². The van der Waals surface area contributed by atoms with Gasteiger partial charge in [-0.15, -0.1) is 0 Å². The van der Waals surface area contributed by atoms with Crippen LogP contribution in [0, 0.1) is 12.7 Å². The number of aryl methyl sites for hydroxylation is 1. The molecule has 9 heteroatoms. The summed E-state index contributed by atoms with van der Waals surface area (Å²) in [6.45, 7) is 5.65. The maximum atomic E-state index is 14.8. The molecule has 0 spiro atoms. The largest absolute Gasteiger partial charge is 0.386 e. The van der Waals surface area contributed by atoms with Gasteiger partial charge in [0.2, 0.25) is 0 Å². The van der Waals surface area contributed by atoms with Crippen LogP contribution in [0.15, 0.2) is 45.9 Å². The number of benzene rings is 1. The fourth-order valence-corrected chi connectivity index (χ4v) is 6.42. The Morgan fingerprint density at radius 3 is 2.70 bits per heavy atom. The Labute approximate surface area is 176 Å². The zero-order chi connectivity index (χ0) is 22.1. The van der Waals surface area contributed by atoms with Gasteiger partial charge in [-0.2, -0.15) is 0 Å². The van der Waals surface area contributed by atoms with Gasteiger partial charge < -0.3 is 11.1 Å². The van der Waals surface area contributed by atoms with Gasteiger partial charge in [0.15, 0.2) is 0 Å². The number of amidine groups is 1. The number of hydrogen-bond donors (Lipinski definition) is 2. The molecule has 1 amide bonds. The predicted octanol–water partition coefficient (Wildman–Crippen LogP) is 3.46. The second-order valence-corrected chi connectivity index (χ2v) is 10.7. The molecule has 30 heavy (non-hydrogen) atoms. The van der Waals surface area contributed by atoms with Crippen LogP contribution in [0.1, 0.15) is 47.1 Å². The maximum Gasteiger partial charge on any atom is 0.274 e. The lowest BCUT2D eigenvalue weighted by molar-refractivity contribution is 0.102. The number of carbonyl (C=O) groups excluding carboxylic acids is 1. The number of aliphatic imine (C=N–C) groups is 1. The van der Waals surface area contributed by atoms with Crippen molar-refractivity contribution >= 4 is 27.2 Å². The second kappa shape index (κ2) is 8.14. The molecule has 1 aliphatic heterocycles. The Morgan fingerprint density at radius 2 is 2.07 bits per heavy atom. The van der Waals surface area contributed by atoms with Crippen molar-refractivity contribution in [2.45, 2.75) is 37.2 Å². The van der Waals surface area contributed by atoms with Crippen LogP contribution in [-0.2, 0) is 9.73 Å². The summed E-state index contributed by atoms with van der Waals surface area (Å²) in [7, 11) is -1.43. The molecule has 2 aromatic rings. The molecule has 0 aliphatic carbocycles. The third-order valence-electron chi connectivity index (χ3n) is 5.39. The van der Waals surface area contributed by atoms with E-state index in [1.165, 1.54) is 25.2 Å². The van der Waals surface area contributed by atoms with E-state index in [-0.39, 0.29) is 17.1 Å². The molecule has 0 saturated heterocycles. The summed E-state index contributed by atoms with van der Waals surface area (Å²) >= 11 is 0. The van der Waals surface area contributed by atoms with E-state index < -0.39 is 31.5 Å². The molecule has 2 heterocycles. The Morgan fingerprint density at radius 1 is 1.33 bits per heavy atom. The van der Waals surface area contributed by atoms with Gasteiger partial charge in [0.25, 0.3) is 5.91 Å². The number of nitrogens with zero attached hydrogens (tertiary/aromatic N) is 3. The molecular weight excluding hydrogens is 405 g/mol. The first-order valence-corrected chi connectivity index (χ1v) is 11.2. The molecule has 0 saturated carbocycles. The van der Waals surface area contributed by atoms with Crippen molar-refractivity contribution in [2.24, 2.45) is 15.1 Å². The summed E-state index contributed by atoms with van der Waals surface area (Å²) in [5.41, 5.74) is 7.84. The number of rotatable bonds is 5. The van der Waals surface area contributed by atoms with Gasteiger partial charge in [0.05, 0.1) is 15.0 Å². The Hall–Kier alpha value is -2.81. The van der Waals surface area contributed by atoms with Crippen molar-refractivity contribution in [2.75, 3.05) is 18.9 Å². The SMILES string of the molecule is C/N=C(/N)C(C)(C)S1(=O)=NCC[C@H]1c1cc(NC(=O)c2ccc(C)cn2)ccc1F. The van der Waals surface area contributed by atoms with E-state index in [2.05, 4.69) is 19.7 Å². The molecule has 0 bridgehead atoms. The van der Waals surface area contributed by atoms with Crippen LogP contribution in [0.5, 0.6) is 0 Å². The number of anilines is 1. The number of nitrogens with one attached hydrogen (secondary N) is 1. The van der Waals surface area contributed by atoms with E-state index in [1.807, 2.05) is 6.92 Å². The van der Waals surface area contributed by atoms with Crippen LogP contribution in [-0.4, -0.2) is 39.3 Å². The van der Waals surface area contributed by atoms with Gasteiger partial charge in [-0.25, -0.2) is 13.0 Å². The summed E-state index contributed by atoms with van der Waals surface area (Å²) in [6, 6.07) is 7.64. The number of halogens is 1. The molecule has 1 unspecified atom stereocenters. The number of aromatic nitrogens is 1. The third-order valence-corrected chi connectivity index (χ3v) is 8.89. The average molecular weight is 432 g/mol. The molecule has 3 N–H and O–H groups in total. The highest BCUT2D eigenvalue weighted by Crippen LogP contribution is 2.42. The van der Waals surface area contributed by atoms with E-state index in [0.717, 1.165) is 5.56 Å².